The lowest BCUT2D eigenvalue weighted by Crippen LogP contribution is -2.42. The maximum absolute atomic E-state index is 13.5. The molecule has 0 unspecified atom stereocenters. The van der Waals surface area contributed by atoms with Crippen molar-refractivity contribution in [3.63, 3.8) is 0 Å². The lowest BCUT2D eigenvalue weighted by Gasteiger charge is -2.26. The van der Waals surface area contributed by atoms with Crippen LogP contribution in [0.15, 0.2) is 71.6 Å². The standard InChI is InChI=1S/C24H24Cl2N2O4S/c1-17-7-11-20(12-8-17)33(30,31)28(22-15-19(25)10-9-18(22)2)16-24(29)27-13-14-32-23-6-4-3-5-21(23)26/h3-12,15H,13-14,16H2,1-2H3,(H,27,29). The third-order valence-electron chi connectivity index (χ3n) is 4.85. The van der Waals surface area contributed by atoms with Crippen molar-refractivity contribution in [3.05, 3.63) is 87.9 Å². The van der Waals surface area contributed by atoms with Crippen LogP contribution < -0.4 is 14.4 Å². The molecule has 0 saturated carbocycles. The molecule has 1 amide bonds. The second-order valence-corrected chi connectivity index (χ2v) is 10.1. The van der Waals surface area contributed by atoms with Gasteiger partial charge in [-0.3, -0.25) is 9.10 Å². The summed E-state index contributed by atoms with van der Waals surface area (Å²) in [5.74, 6) is 0.0272. The number of carbonyl (C=O) groups is 1. The molecule has 0 aliphatic carbocycles. The van der Waals surface area contributed by atoms with Crippen LogP contribution in [0.5, 0.6) is 5.75 Å². The number of halogens is 2. The van der Waals surface area contributed by atoms with Gasteiger partial charge in [0.1, 0.15) is 18.9 Å². The number of amides is 1. The lowest BCUT2D eigenvalue weighted by molar-refractivity contribution is -0.119. The van der Waals surface area contributed by atoms with Crippen molar-refractivity contribution < 1.29 is 17.9 Å². The van der Waals surface area contributed by atoms with Crippen LogP contribution in [0.25, 0.3) is 0 Å². The zero-order valence-electron chi connectivity index (χ0n) is 18.2. The fourth-order valence-electron chi connectivity index (χ4n) is 3.09. The zero-order valence-corrected chi connectivity index (χ0v) is 20.5. The maximum Gasteiger partial charge on any atom is 0.264 e. The molecule has 0 spiro atoms. The first kappa shape index (κ1) is 24.9. The van der Waals surface area contributed by atoms with Gasteiger partial charge in [0.25, 0.3) is 10.0 Å². The third-order valence-corrected chi connectivity index (χ3v) is 7.18. The van der Waals surface area contributed by atoms with Crippen molar-refractivity contribution in [3.8, 4) is 5.75 Å². The van der Waals surface area contributed by atoms with E-state index in [9.17, 15) is 13.2 Å². The predicted molar refractivity (Wildman–Crippen MR) is 132 cm³/mol. The summed E-state index contributed by atoms with van der Waals surface area (Å²) in [4.78, 5) is 12.8. The lowest BCUT2D eigenvalue weighted by atomic mass is 10.2. The van der Waals surface area contributed by atoms with Crippen molar-refractivity contribution in [2.24, 2.45) is 0 Å². The Labute approximate surface area is 204 Å². The molecule has 0 atom stereocenters. The molecule has 33 heavy (non-hydrogen) atoms. The van der Waals surface area contributed by atoms with E-state index in [-0.39, 0.29) is 18.0 Å². The molecule has 0 heterocycles. The maximum atomic E-state index is 13.5. The normalized spacial score (nSPS) is 11.2. The number of aryl methyl sites for hydroxylation is 2. The van der Waals surface area contributed by atoms with Gasteiger partial charge < -0.3 is 10.1 Å². The molecular weight excluding hydrogens is 483 g/mol. The minimum atomic E-state index is -4.02. The number of ether oxygens (including phenoxy) is 1. The average Bonchev–Trinajstić information content (AvgIpc) is 2.78. The third kappa shape index (κ3) is 6.41. The fourth-order valence-corrected chi connectivity index (χ4v) is 4.92. The van der Waals surface area contributed by atoms with E-state index in [0.29, 0.717) is 27.0 Å². The second kappa shape index (κ2) is 10.9. The Hall–Kier alpha value is -2.74. The highest BCUT2D eigenvalue weighted by Gasteiger charge is 2.28. The number of hydrogen-bond donors (Lipinski definition) is 1. The smallest absolute Gasteiger partial charge is 0.264 e. The van der Waals surface area contributed by atoms with Gasteiger partial charge in [0, 0.05) is 5.02 Å². The molecule has 9 heteroatoms. The van der Waals surface area contributed by atoms with Gasteiger partial charge >= 0.3 is 0 Å². The van der Waals surface area contributed by atoms with Crippen molar-refractivity contribution in [2.45, 2.75) is 18.7 Å². The van der Waals surface area contributed by atoms with Crippen LogP contribution >= 0.6 is 23.2 Å². The predicted octanol–water partition coefficient (Wildman–Crippen LogP) is 5.00. The monoisotopic (exact) mass is 506 g/mol. The Bertz CT molecular complexity index is 1230. The van der Waals surface area contributed by atoms with Gasteiger partial charge in [0.15, 0.2) is 0 Å². The molecule has 0 aliphatic rings. The van der Waals surface area contributed by atoms with E-state index in [0.717, 1.165) is 9.87 Å². The Morgan fingerprint density at radius 1 is 1.00 bits per heavy atom. The van der Waals surface area contributed by atoms with Crippen LogP contribution in [-0.2, 0) is 14.8 Å². The molecule has 3 aromatic rings. The molecule has 0 aromatic heterocycles. The molecule has 1 N–H and O–H groups in total. The first-order valence-electron chi connectivity index (χ1n) is 10.2. The van der Waals surface area contributed by atoms with Crippen molar-refractivity contribution in [1.82, 2.24) is 5.32 Å². The number of carbonyl (C=O) groups excluding carboxylic acids is 1. The molecule has 0 fully saturated rings. The summed E-state index contributed by atoms with van der Waals surface area (Å²) in [6.07, 6.45) is 0. The van der Waals surface area contributed by atoms with E-state index in [1.54, 1.807) is 55.5 Å². The molecule has 174 valence electrons. The van der Waals surface area contributed by atoms with Gasteiger partial charge in [-0.15, -0.1) is 0 Å². The molecule has 3 aromatic carbocycles. The van der Waals surface area contributed by atoms with Crippen LogP contribution in [0.1, 0.15) is 11.1 Å². The number of benzene rings is 3. The van der Waals surface area contributed by atoms with Gasteiger partial charge in [0.2, 0.25) is 5.91 Å². The fraction of sp³-hybridized carbons (Fsp3) is 0.208. The summed E-state index contributed by atoms with van der Waals surface area (Å²) in [5.41, 5.74) is 1.94. The Kier molecular flexibility index (Phi) is 8.24. The first-order valence-corrected chi connectivity index (χ1v) is 12.4. The summed E-state index contributed by atoms with van der Waals surface area (Å²) in [6, 6.07) is 18.4. The van der Waals surface area contributed by atoms with E-state index in [4.69, 9.17) is 27.9 Å². The van der Waals surface area contributed by atoms with E-state index >= 15 is 0 Å². The van der Waals surface area contributed by atoms with Gasteiger partial charge in [0.05, 0.1) is 22.2 Å². The molecule has 3 rings (SSSR count). The molecule has 0 radical (unpaired) electrons. The number of nitrogens with one attached hydrogen (secondary N) is 1. The summed E-state index contributed by atoms with van der Waals surface area (Å²) < 4.78 is 33.6. The first-order chi connectivity index (χ1) is 15.7. The summed E-state index contributed by atoms with van der Waals surface area (Å²) >= 11 is 12.2. The second-order valence-electron chi connectivity index (χ2n) is 7.38. The van der Waals surface area contributed by atoms with E-state index in [1.165, 1.54) is 18.2 Å². The highest BCUT2D eigenvalue weighted by atomic mass is 35.5. The topological polar surface area (TPSA) is 75.7 Å². The Balaban J connectivity index is 1.77. The van der Waals surface area contributed by atoms with E-state index in [2.05, 4.69) is 5.32 Å². The molecular formula is C24H24Cl2N2O4S. The summed E-state index contributed by atoms with van der Waals surface area (Å²) in [5, 5.41) is 3.53. The van der Waals surface area contributed by atoms with Gasteiger partial charge in [-0.25, -0.2) is 8.42 Å². The van der Waals surface area contributed by atoms with Crippen molar-refractivity contribution >= 4 is 44.8 Å². The van der Waals surface area contributed by atoms with Gasteiger partial charge in [-0.1, -0.05) is 59.1 Å². The largest absolute Gasteiger partial charge is 0.490 e. The van der Waals surface area contributed by atoms with Crippen molar-refractivity contribution in [1.29, 1.82) is 0 Å². The SMILES string of the molecule is Cc1ccc(S(=O)(=O)N(CC(=O)NCCOc2ccccc2Cl)c2cc(Cl)ccc2C)cc1. The van der Waals surface area contributed by atoms with Crippen LogP contribution in [0, 0.1) is 13.8 Å². The summed E-state index contributed by atoms with van der Waals surface area (Å²) in [7, 11) is -4.02. The van der Waals surface area contributed by atoms with Crippen LogP contribution in [0.4, 0.5) is 5.69 Å². The highest BCUT2D eigenvalue weighted by Crippen LogP contribution is 2.29. The average molecular weight is 507 g/mol. The number of nitrogens with zero attached hydrogens (tertiary/aromatic N) is 1. The Morgan fingerprint density at radius 2 is 1.70 bits per heavy atom. The van der Waals surface area contributed by atoms with Crippen LogP contribution in [0.3, 0.4) is 0 Å². The number of para-hydroxylation sites is 1. The van der Waals surface area contributed by atoms with Crippen LogP contribution in [0.2, 0.25) is 10.0 Å². The minimum Gasteiger partial charge on any atom is -0.490 e. The summed E-state index contributed by atoms with van der Waals surface area (Å²) in [6.45, 7) is 3.57. The highest BCUT2D eigenvalue weighted by molar-refractivity contribution is 7.92. The van der Waals surface area contributed by atoms with Gasteiger partial charge in [-0.05, 0) is 55.8 Å². The zero-order chi connectivity index (χ0) is 24.0. The molecule has 0 aliphatic heterocycles. The van der Waals surface area contributed by atoms with E-state index in [1.807, 2.05) is 6.92 Å². The molecule has 0 bridgehead atoms. The van der Waals surface area contributed by atoms with E-state index < -0.39 is 22.5 Å². The van der Waals surface area contributed by atoms with Gasteiger partial charge in [-0.2, -0.15) is 0 Å². The number of anilines is 1. The Morgan fingerprint density at radius 3 is 2.39 bits per heavy atom. The van der Waals surface area contributed by atoms with Crippen molar-refractivity contribution in [2.75, 3.05) is 24.0 Å². The minimum absolute atomic E-state index is 0.0855. The number of rotatable bonds is 9. The quantitative estimate of drug-likeness (QED) is 0.414. The number of hydrogen-bond acceptors (Lipinski definition) is 4. The van der Waals surface area contributed by atoms with Crippen LogP contribution in [-0.4, -0.2) is 34.0 Å². The molecule has 6 nitrogen and oxygen atoms in total. The number of sulfonamides is 1. The molecule has 0 saturated heterocycles.